The number of hydrogen-bond donors (Lipinski definition) is 0. The smallest absolute Gasteiger partial charge is 0.313 e. The second-order valence-corrected chi connectivity index (χ2v) is 4.00. The Balaban J connectivity index is 2.88. The number of ether oxygens (including phenoxy) is 1. The minimum absolute atomic E-state index is 0.177. The molecule has 0 saturated heterocycles. The molecule has 16 heavy (non-hydrogen) atoms. The third kappa shape index (κ3) is 3.54. The minimum Gasteiger partial charge on any atom is -0.469 e. The topological polar surface area (TPSA) is 26.3 Å². The summed E-state index contributed by atoms with van der Waals surface area (Å²) in [7, 11) is 1.43. The zero-order valence-electron chi connectivity index (χ0n) is 10.1. The molecule has 1 unspecified atom stereocenters. The normalized spacial score (nSPS) is 11.7. The molecule has 0 radical (unpaired) electrons. The monoisotopic (exact) mass is 218 g/mol. The van der Waals surface area contributed by atoms with Crippen molar-refractivity contribution in [3.8, 4) is 0 Å². The molecule has 0 N–H and O–H groups in total. The third-order valence-corrected chi connectivity index (χ3v) is 2.45. The predicted molar refractivity (Wildman–Crippen MR) is 65.2 cm³/mol. The highest BCUT2D eigenvalue weighted by Gasteiger charge is 2.19. The van der Waals surface area contributed by atoms with Crippen molar-refractivity contribution in [1.29, 1.82) is 0 Å². The van der Waals surface area contributed by atoms with Crippen molar-refractivity contribution in [1.82, 2.24) is 0 Å². The molecular weight excluding hydrogens is 200 g/mol. The summed E-state index contributed by atoms with van der Waals surface area (Å²) in [5, 5.41) is 0. The molecule has 0 aromatic heterocycles. The van der Waals surface area contributed by atoms with E-state index in [0.717, 1.165) is 5.56 Å². The van der Waals surface area contributed by atoms with Crippen LogP contribution in [0.1, 0.15) is 31.7 Å². The van der Waals surface area contributed by atoms with E-state index in [4.69, 9.17) is 4.74 Å². The van der Waals surface area contributed by atoms with Gasteiger partial charge in [-0.05, 0) is 25.8 Å². The first-order chi connectivity index (χ1) is 7.65. The van der Waals surface area contributed by atoms with E-state index in [-0.39, 0.29) is 11.9 Å². The van der Waals surface area contributed by atoms with Gasteiger partial charge in [-0.3, -0.25) is 4.79 Å². The van der Waals surface area contributed by atoms with Crippen LogP contribution in [0.4, 0.5) is 0 Å². The molecule has 1 atom stereocenters. The number of allylic oxidation sites excluding steroid dienone is 2. The summed E-state index contributed by atoms with van der Waals surface area (Å²) in [5.74, 6) is -0.371. The maximum absolute atomic E-state index is 11.7. The first-order valence-corrected chi connectivity index (χ1v) is 5.41. The molecule has 0 aliphatic carbocycles. The van der Waals surface area contributed by atoms with Crippen LogP contribution in [-0.4, -0.2) is 13.1 Å². The fourth-order valence-electron chi connectivity index (χ4n) is 1.55. The molecule has 1 aromatic rings. The number of benzene rings is 1. The van der Waals surface area contributed by atoms with Crippen molar-refractivity contribution < 1.29 is 9.53 Å². The van der Waals surface area contributed by atoms with Crippen LogP contribution < -0.4 is 0 Å². The van der Waals surface area contributed by atoms with Gasteiger partial charge in [0.2, 0.25) is 0 Å². The van der Waals surface area contributed by atoms with E-state index in [1.807, 2.05) is 44.2 Å². The van der Waals surface area contributed by atoms with Crippen molar-refractivity contribution >= 4 is 5.97 Å². The molecule has 0 amide bonds. The lowest BCUT2D eigenvalue weighted by molar-refractivity contribution is -0.142. The Bertz CT molecular complexity index is 362. The molecule has 2 heteroatoms. The average molecular weight is 218 g/mol. The number of carbonyl (C=O) groups is 1. The van der Waals surface area contributed by atoms with Crippen molar-refractivity contribution in [3.05, 3.63) is 47.5 Å². The zero-order valence-corrected chi connectivity index (χ0v) is 10.1. The quantitative estimate of drug-likeness (QED) is 0.572. The minimum atomic E-state index is -0.193. The molecule has 1 rings (SSSR count). The number of rotatable bonds is 4. The van der Waals surface area contributed by atoms with Gasteiger partial charge in [0.25, 0.3) is 0 Å². The Labute approximate surface area is 96.9 Å². The lowest BCUT2D eigenvalue weighted by Crippen LogP contribution is -2.13. The zero-order chi connectivity index (χ0) is 12.0. The summed E-state index contributed by atoms with van der Waals surface area (Å²) in [6.45, 7) is 4.05. The highest BCUT2D eigenvalue weighted by molar-refractivity contribution is 5.78. The second kappa shape index (κ2) is 6.11. The molecule has 0 aliphatic rings. The molecule has 2 nitrogen and oxygen atoms in total. The second-order valence-electron chi connectivity index (χ2n) is 4.00. The van der Waals surface area contributed by atoms with E-state index in [2.05, 4.69) is 6.08 Å². The van der Waals surface area contributed by atoms with E-state index in [9.17, 15) is 4.79 Å². The fraction of sp³-hybridized carbons (Fsp3) is 0.357. The summed E-state index contributed by atoms with van der Waals surface area (Å²) in [4.78, 5) is 11.7. The van der Waals surface area contributed by atoms with Crippen molar-refractivity contribution in [3.63, 3.8) is 0 Å². The van der Waals surface area contributed by atoms with Crippen molar-refractivity contribution in [2.24, 2.45) is 0 Å². The Morgan fingerprint density at radius 2 is 1.94 bits per heavy atom. The van der Waals surface area contributed by atoms with Crippen molar-refractivity contribution in [2.45, 2.75) is 26.2 Å². The van der Waals surface area contributed by atoms with Gasteiger partial charge in [-0.1, -0.05) is 42.0 Å². The number of hydrogen-bond acceptors (Lipinski definition) is 2. The van der Waals surface area contributed by atoms with Gasteiger partial charge in [0.05, 0.1) is 13.0 Å². The van der Waals surface area contributed by atoms with Crippen LogP contribution in [0.25, 0.3) is 0 Å². The lowest BCUT2D eigenvalue weighted by Gasteiger charge is -2.13. The SMILES string of the molecule is COC(=O)C(CC=C(C)C)c1ccccc1. The third-order valence-electron chi connectivity index (χ3n) is 2.45. The Morgan fingerprint density at radius 3 is 2.44 bits per heavy atom. The summed E-state index contributed by atoms with van der Waals surface area (Å²) < 4.78 is 4.83. The molecule has 0 fully saturated rings. The molecule has 1 aromatic carbocycles. The number of carbonyl (C=O) groups excluding carboxylic acids is 1. The van der Waals surface area contributed by atoms with Gasteiger partial charge in [-0.25, -0.2) is 0 Å². The molecule has 0 saturated carbocycles. The van der Waals surface area contributed by atoms with E-state index < -0.39 is 0 Å². The summed E-state index contributed by atoms with van der Waals surface area (Å²) >= 11 is 0. The Morgan fingerprint density at radius 1 is 1.31 bits per heavy atom. The Hall–Kier alpha value is -1.57. The maximum atomic E-state index is 11.7. The highest BCUT2D eigenvalue weighted by Crippen LogP contribution is 2.22. The van der Waals surface area contributed by atoms with E-state index in [1.165, 1.54) is 12.7 Å². The van der Waals surface area contributed by atoms with Gasteiger partial charge >= 0.3 is 5.97 Å². The maximum Gasteiger partial charge on any atom is 0.313 e. The van der Waals surface area contributed by atoms with Crippen LogP contribution in [0.5, 0.6) is 0 Å². The standard InChI is InChI=1S/C14H18O2/c1-11(2)9-10-13(14(15)16-3)12-7-5-4-6-8-12/h4-9,13H,10H2,1-3H3. The summed E-state index contributed by atoms with van der Waals surface area (Å²) in [6.07, 6.45) is 2.76. The molecule has 0 spiro atoms. The van der Waals surface area contributed by atoms with Gasteiger partial charge in [0.15, 0.2) is 0 Å². The van der Waals surface area contributed by atoms with Gasteiger partial charge < -0.3 is 4.74 Å². The van der Waals surface area contributed by atoms with Gasteiger partial charge in [-0.15, -0.1) is 0 Å². The molecule has 0 heterocycles. The van der Waals surface area contributed by atoms with Gasteiger partial charge in [0, 0.05) is 0 Å². The fourth-order valence-corrected chi connectivity index (χ4v) is 1.55. The summed E-state index contributed by atoms with van der Waals surface area (Å²) in [5.41, 5.74) is 2.22. The van der Waals surface area contributed by atoms with Crippen LogP contribution in [0.3, 0.4) is 0 Å². The van der Waals surface area contributed by atoms with Crippen LogP contribution in [0, 0.1) is 0 Å². The number of methoxy groups -OCH3 is 1. The average Bonchev–Trinajstić information content (AvgIpc) is 2.30. The van der Waals surface area contributed by atoms with Gasteiger partial charge in [0.1, 0.15) is 0 Å². The van der Waals surface area contributed by atoms with E-state index >= 15 is 0 Å². The molecule has 86 valence electrons. The summed E-state index contributed by atoms with van der Waals surface area (Å²) in [6, 6.07) is 9.74. The largest absolute Gasteiger partial charge is 0.469 e. The molecule has 0 bridgehead atoms. The first kappa shape index (κ1) is 12.5. The highest BCUT2D eigenvalue weighted by atomic mass is 16.5. The van der Waals surface area contributed by atoms with E-state index in [1.54, 1.807) is 0 Å². The van der Waals surface area contributed by atoms with Crippen LogP contribution in [-0.2, 0) is 9.53 Å². The first-order valence-electron chi connectivity index (χ1n) is 5.41. The van der Waals surface area contributed by atoms with E-state index in [0.29, 0.717) is 6.42 Å². The molecule has 0 aliphatic heterocycles. The van der Waals surface area contributed by atoms with Crippen LogP contribution in [0.15, 0.2) is 42.0 Å². The number of esters is 1. The predicted octanol–water partition coefficient (Wildman–Crippen LogP) is 3.30. The Kier molecular flexibility index (Phi) is 4.77. The van der Waals surface area contributed by atoms with Gasteiger partial charge in [-0.2, -0.15) is 0 Å². The lowest BCUT2D eigenvalue weighted by atomic mass is 9.95. The van der Waals surface area contributed by atoms with Crippen LogP contribution in [0.2, 0.25) is 0 Å². The van der Waals surface area contributed by atoms with Crippen LogP contribution >= 0.6 is 0 Å². The molecular formula is C14H18O2. The van der Waals surface area contributed by atoms with Crippen molar-refractivity contribution in [2.75, 3.05) is 7.11 Å².